The van der Waals surface area contributed by atoms with Gasteiger partial charge in [-0.25, -0.2) is 29.1 Å². The number of hydrogen-bond acceptors (Lipinski definition) is 2. The molecule has 0 unspecified atom stereocenters. The minimum Gasteiger partial charge on any atom is -0.476 e. The van der Waals surface area contributed by atoms with E-state index in [0.717, 1.165) is 5.56 Å². The van der Waals surface area contributed by atoms with Gasteiger partial charge in [0, 0.05) is 0 Å². The molecule has 0 bridgehead atoms. The summed E-state index contributed by atoms with van der Waals surface area (Å²) in [7, 11) is 0. The third-order valence-corrected chi connectivity index (χ3v) is 1.89. The average Bonchev–Trinajstić information content (AvgIpc) is 2.92. The molecule has 0 aromatic heterocycles. The predicted octanol–water partition coefficient (Wildman–Crippen LogP) is 2.00. The Morgan fingerprint density at radius 2 is 1.59 bits per heavy atom. The van der Waals surface area contributed by atoms with E-state index >= 15 is 0 Å². The number of Topliss-reactive ketones (excluding diaryl/α,β-unsaturated/α-hetero) is 1. The van der Waals surface area contributed by atoms with Gasteiger partial charge in [0.15, 0.2) is 0 Å². The SMILES string of the molecule is O=C(O)C(=O)C[c-]1cccc1.[Fe+2].c1cc[cH-]c1. The fourth-order valence-corrected chi connectivity index (χ4v) is 1.11. The molecule has 3 nitrogen and oxygen atoms in total. The van der Waals surface area contributed by atoms with Gasteiger partial charge in [0.1, 0.15) is 0 Å². The van der Waals surface area contributed by atoms with Gasteiger partial charge in [0.25, 0.3) is 0 Å². The van der Waals surface area contributed by atoms with Crippen molar-refractivity contribution in [1.82, 2.24) is 0 Å². The summed E-state index contributed by atoms with van der Waals surface area (Å²) in [4.78, 5) is 20.7. The van der Waals surface area contributed by atoms with Crippen LogP contribution in [0.15, 0.2) is 54.6 Å². The molecule has 2 aromatic rings. The molecule has 0 aliphatic heterocycles. The Kier molecular flexibility index (Phi) is 7.68. The maximum Gasteiger partial charge on any atom is 2.00 e. The van der Waals surface area contributed by atoms with E-state index in [0.29, 0.717) is 0 Å². The quantitative estimate of drug-likeness (QED) is 0.528. The molecular formula is C13H12FeO3. The van der Waals surface area contributed by atoms with E-state index in [4.69, 9.17) is 5.11 Å². The van der Waals surface area contributed by atoms with Gasteiger partial charge in [-0.2, -0.15) is 30.3 Å². The summed E-state index contributed by atoms with van der Waals surface area (Å²) in [6.45, 7) is 0. The van der Waals surface area contributed by atoms with Crippen LogP contribution in [0, 0.1) is 0 Å². The molecule has 1 N–H and O–H groups in total. The number of ketones is 1. The van der Waals surface area contributed by atoms with E-state index in [1.54, 1.807) is 24.3 Å². The number of carboxylic acid groups (broad SMARTS) is 1. The van der Waals surface area contributed by atoms with E-state index in [1.807, 2.05) is 30.3 Å². The molecule has 2 aromatic carbocycles. The maximum atomic E-state index is 10.6. The van der Waals surface area contributed by atoms with Crippen LogP contribution in [0.1, 0.15) is 5.56 Å². The van der Waals surface area contributed by atoms with Gasteiger partial charge in [-0.15, -0.1) is 5.56 Å². The second-order valence-corrected chi connectivity index (χ2v) is 3.16. The molecule has 0 fully saturated rings. The fourth-order valence-electron chi connectivity index (χ4n) is 1.11. The van der Waals surface area contributed by atoms with Crippen molar-refractivity contribution in [2.75, 3.05) is 0 Å². The van der Waals surface area contributed by atoms with Crippen molar-refractivity contribution >= 4 is 11.8 Å². The van der Waals surface area contributed by atoms with Crippen LogP contribution in [0.2, 0.25) is 0 Å². The summed E-state index contributed by atoms with van der Waals surface area (Å²) in [6, 6.07) is 17.0. The Labute approximate surface area is 110 Å². The number of rotatable bonds is 3. The topological polar surface area (TPSA) is 54.4 Å². The monoisotopic (exact) mass is 272 g/mol. The average molecular weight is 272 g/mol. The van der Waals surface area contributed by atoms with Crippen LogP contribution in [0.25, 0.3) is 0 Å². The van der Waals surface area contributed by atoms with Crippen molar-refractivity contribution < 1.29 is 31.8 Å². The third-order valence-electron chi connectivity index (χ3n) is 1.89. The van der Waals surface area contributed by atoms with Gasteiger partial charge in [-0.05, 0) is 6.42 Å². The van der Waals surface area contributed by atoms with Gasteiger partial charge in [-0.1, -0.05) is 0 Å². The molecule has 2 rings (SSSR count). The first-order valence-corrected chi connectivity index (χ1v) is 4.83. The molecule has 0 saturated heterocycles. The molecule has 90 valence electrons. The van der Waals surface area contributed by atoms with Crippen LogP contribution in [-0.4, -0.2) is 16.9 Å². The van der Waals surface area contributed by atoms with Crippen LogP contribution in [0.4, 0.5) is 0 Å². The molecule has 0 aliphatic rings. The number of carbonyl (C=O) groups is 2. The second-order valence-electron chi connectivity index (χ2n) is 3.16. The summed E-state index contributed by atoms with van der Waals surface area (Å²) >= 11 is 0. The minimum absolute atomic E-state index is 0. The van der Waals surface area contributed by atoms with Crippen LogP contribution in [-0.2, 0) is 33.1 Å². The van der Waals surface area contributed by atoms with Crippen LogP contribution in [0.3, 0.4) is 0 Å². The normalized spacial score (nSPS) is 8.47. The molecule has 4 heteroatoms. The second kappa shape index (κ2) is 8.50. The summed E-state index contributed by atoms with van der Waals surface area (Å²) < 4.78 is 0. The van der Waals surface area contributed by atoms with Crippen molar-refractivity contribution in [2.24, 2.45) is 0 Å². The fraction of sp³-hybridized carbons (Fsp3) is 0.0769. The van der Waals surface area contributed by atoms with Gasteiger partial charge in [0.05, 0.1) is 0 Å². The van der Waals surface area contributed by atoms with E-state index in [2.05, 4.69) is 0 Å². The summed E-state index contributed by atoms with van der Waals surface area (Å²) in [6.07, 6.45) is -0.0116. The number of carboxylic acids is 1. The number of aliphatic carboxylic acids is 1. The molecule has 0 radical (unpaired) electrons. The Morgan fingerprint density at radius 1 is 1.06 bits per heavy atom. The van der Waals surface area contributed by atoms with Crippen molar-refractivity contribution in [3.63, 3.8) is 0 Å². The first kappa shape index (κ1) is 15.4. The van der Waals surface area contributed by atoms with Crippen molar-refractivity contribution in [2.45, 2.75) is 6.42 Å². The zero-order valence-corrected chi connectivity index (χ0v) is 10.1. The molecule has 0 heterocycles. The first-order valence-electron chi connectivity index (χ1n) is 4.83. The smallest absolute Gasteiger partial charge is 0.476 e. The van der Waals surface area contributed by atoms with Gasteiger partial charge in [-0.3, -0.25) is 4.79 Å². The Bertz CT molecular complexity index is 398. The maximum absolute atomic E-state index is 10.6. The zero-order chi connectivity index (χ0) is 11.8. The van der Waals surface area contributed by atoms with Gasteiger partial charge >= 0.3 is 23.0 Å². The molecular weight excluding hydrogens is 260 g/mol. The summed E-state index contributed by atoms with van der Waals surface area (Å²) in [5.74, 6) is -2.14. The molecule has 17 heavy (non-hydrogen) atoms. The van der Waals surface area contributed by atoms with E-state index in [9.17, 15) is 9.59 Å². The van der Waals surface area contributed by atoms with E-state index in [-0.39, 0.29) is 23.5 Å². The summed E-state index contributed by atoms with van der Waals surface area (Å²) in [5, 5.41) is 8.23. The van der Waals surface area contributed by atoms with Crippen molar-refractivity contribution in [1.29, 1.82) is 0 Å². The number of carbonyl (C=O) groups excluding carboxylic acids is 1. The Balaban J connectivity index is 0.000000360. The van der Waals surface area contributed by atoms with Crippen molar-refractivity contribution in [3.05, 3.63) is 60.2 Å². The molecule has 0 spiro atoms. The predicted molar refractivity (Wildman–Crippen MR) is 60.4 cm³/mol. The minimum atomic E-state index is -1.37. The Hall–Kier alpha value is -1.64. The Morgan fingerprint density at radius 3 is 1.94 bits per heavy atom. The van der Waals surface area contributed by atoms with Gasteiger partial charge < -0.3 is 5.11 Å². The standard InChI is InChI=1S/C8H7O3.C5H5.Fe/c9-7(8(10)11)5-6-3-1-2-4-6;1-2-4-5-3-1;/h1-4H,5H2,(H,10,11);1-5H;/q2*-1;+2. The van der Waals surface area contributed by atoms with E-state index in [1.165, 1.54) is 0 Å². The first-order chi connectivity index (χ1) is 7.70. The third kappa shape index (κ3) is 6.51. The van der Waals surface area contributed by atoms with Crippen LogP contribution >= 0.6 is 0 Å². The molecule has 0 atom stereocenters. The van der Waals surface area contributed by atoms with Crippen LogP contribution in [0.5, 0.6) is 0 Å². The van der Waals surface area contributed by atoms with Crippen molar-refractivity contribution in [3.8, 4) is 0 Å². The molecule has 0 aliphatic carbocycles. The number of hydrogen-bond donors (Lipinski definition) is 1. The zero-order valence-electron chi connectivity index (χ0n) is 9.02. The molecule has 0 saturated carbocycles. The summed E-state index contributed by atoms with van der Waals surface area (Å²) in [5.41, 5.74) is 0.748. The van der Waals surface area contributed by atoms with Gasteiger partial charge in [0.2, 0.25) is 5.78 Å². The molecule has 0 amide bonds. The largest absolute Gasteiger partial charge is 2.00 e. The van der Waals surface area contributed by atoms with Crippen LogP contribution < -0.4 is 0 Å². The van der Waals surface area contributed by atoms with E-state index < -0.39 is 11.8 Å².